The first-order valence-electron chi connectivity index (χ1n) is 14.4. The number of sulfone groups is 1. The van der Waals surface area contributed by atoms with Crippen molar-refractivity contribution in [2.75, 3.05) is 19.7 Å². The molecule has 0 saturated heterocycles. The highest BCUT2D eigenvalue weighted by molar-refractivity contribution is 7.91. The van der Waals surface area contributed by atoms with Crippen molar-refractivity contribution in [3.8, 4) is 0 Å². The lowest BCUT2D eigenvalue weighted by molar-refractivity contribution is -0.141. The Kier molecular flexibility index (Phi) is 12.1. The Hall–Kier alpha value is -3.93. The Morgan fingerprint density at radius 1 is 0.978 bits per heavy atom. The maximum absolute atomic E-state index is 13.3. The average molecular weight is 659 g/mol. The second-order valence-corrected chi connectivity index (χ2v) is 13.8. The van der Waals surface area contributed by atoms with Gasteiger partial charge in [0.2, 0.25) is 9.84 Å². The number of aliphatic hydroxyl groups is 1. The largest absolute Gasteiger partial charge is 0.465 e. The van der Waals surface area contributed by atoms with Gasteiger partial charge in [-0.25, -0.2) is 13.2 Å². The van der Waals surface area contributed by atoms with Crippen LogP contribution in [0.15, 0.2) is 82.6 Å². The summed E-state index contributed by atoms with van der Waals surface area (Å²) in [6.07, 6.45) is -1.24. The van der Waals surface area contributed by atoms with E-state index >= 15 is 0 Å². The van der Waals surface area contributed by atoms with Crippen molar-refractivity contribution in [1.29, 1.82) is 0 Å². The Morgan fingerprint density at radius 2 is 1.58 bits per heavy atom. The van der Waals surface area contributed by atoms with Gasteiger partial charge in [0.1, 0.15) is 12.1 Å². The number of hydrogen-bond donors (Lipinski definition) is 2. The molecule has 242 valence electrons. The summed E-state index contributed by atoms with van der Waals surface area (Å²) in [4.78, 5) is 38.4. The van der Waals surface area contributed by atoms with Crippen molar-refractivity contribution in [3.05, 3.63) is 94.5 Å². The number of carbonyl (C=O) groups is 3. The monoisotopic (exact) mass is 658 g/mol. The molecule has 3 aromatic rings. The third-order valence-electron chi connectivity index (χ3n) is 6.65. The molecular formula is C33H39ClN2O8S. The van der Waals surface area contributed by atoms with Crippen LogP contribution in [0.4, 0.5) is 4.79 Å². The predicted molar refractivity (Wildman–Crippen MR) is 170 cm³/mol. The topological polar surface area (TPSA) is 139 Å². The molecule has 0 saturated carbocycles. The zero-order valence-electron chi connectivity index (χ0n) is 25.9. The summed E-state index contributed by atoms with van der Waals surface area (Å²) in [7, 11) is -3.89. The zero-order valence-corrected chi connectivity index (χ0v) is 27.5. The number of nitrogens with one attached hydrogen (secondary N) is 1. The van der Waals surface area contributed by atoms with Crippen molar-refractivity contribution in [1.82, 2.24) is 10.2 Å². The van der Waals surface area contributed by atoms with Gasteiger partial charge in [0.15, 0.2) is 0 Å². The van der Waals surface area contributed by atoms with Gasteiger partial charge in [0.25, 0.3) is 5.91 Å². The van der Waals surface area contributed by atoms with Gasteiger partial charge < -0.3 is 24.8 Å². The average Bonchev–Trinajstić information content (AvgIpc) is 2.98. The van der Waals surface area contributed by atoms with Gasteiger partial charge in [-0.15, -0.1) is 0 Å². The molecule has 2 atom stereocenters. The van der Waals surface area contributed by atoms with Crippen molar-refractivity contribution < 1.29 is 37.4 Å². The molecule has 0 heterocycles. The first kappa shape index (κ1) is 35.5. The molecule has 0 bridgehead atoms. The van der Waals surface area contributed by atoms with E-state index in [1.807, 2.05) is 6.92 Å². The van der Waals surface area contributed by atoms with Crippen molar-refractivity contribution in [3.63, 3.8) is 0 Å². The highest BCUT2D eigenvalue weighted by atomic mass is 35.5. The van der Waals surface area contributed by atoms with Gasteiger partial charge in [0, 0.05) is 16.6 Å². The van der Waals surface area contributed by atoms with Gasteiger partial charge in [-0.1, -0.05) is 35.9 Å². The van der Waals surface area contributed by atoms with E-state index in [0.717, 1.165) is 5.56 Å². The van der Waals surface area contributed by atoms with Crippen LogP contribution >= 0.6 is 11.6 Å². The lowest BCUT2D eigenvalue weighted by Gasteiger charge is -2.33. The van der Waals surface area contributed by atoms with E-state index < -0.39 is 45.6 Å². The molecule has 0 aliphatic heterocycles. The van der Waals surface area contributed by atoms with Crippen molar-refractivity contribution in [2.24, 2.45) is 0 Å². The highest BCUT2D eigenvalue weighted by Crippen LogP contribution is 2.25. The summed E-state index contributed by atoms with van der Waals surface area (Å²) in [5.41, 5.74) is 0.762. The molecule has 0 aliphatic rings. The fourth-order valence-corrected chi connectivity index (χ4v) is 5.86. The van der Waals surface area contributed by atoms with Crippen LogP contribution in [-0.4, -0.2) is 67.7 Å². The van der Waals surface area contributed by atoms with E-state index in [-0.39, 0.29) is 35.1 Å². The van der Waals surface area contributed by atoms with Crippen LogP contribution < -0.4 is 5.32 Å². The van der Waals surface area contributed by atoms with Gasteiger partial charge in [0.05, 0.1) is 29.0 Å². The van der Waals surface area contributed by atoms with Gasteiger partial charge in [-0.2, -0.15) is 0 Å². The molecule has 45 heavy (non-hydrogen) atoms. The molecular weight excluding hydrogens is 620 g/mol. The van der Waals surface area contributed by atoms with Crippen LogP contribution in [0.3, 0.4) is 0 Å². The van der Waals surface area contributed by atoms with E-state index in [1.54, 1.807) is 64.1 Å². The van der Waals surface area contributed by atoms with Crippen LogP contribution in [0.5, 0.6) is 0 Å². The molecule has 2 amide bonds. The molecule has 2 N–H and O–H groups in total. The number of halogens is 1. The SMILES string of the molecule is CCOC(=O)CNC(=O)c1ccc(S(=O)(=O)c2ccc(CC(C)N(CC(O)c3cccc(Cl)c3)C(=O)OC(C)(C)C)cc2)cc1. The molecule has 0 radical (unpaired) electrons. The van der Waals surface area contributed by atoms with Crippen LogP contribution in [0.1, 0.15) is 62.2 Å². The fraction of sp³-hybridized carbons (Fsp3) is 0.364. The number of ether oxygens (including phenoxy) is 2. The molecule has 10 nitrogen and oxygen atoms in total. The molecule has 0 aromatic heterocycles. The molecule has 3 rings (SSSR count). The maximum atomic E-state index is 13.3. The Bertz CT molecular complexity index is 1590. The summed E-state index contributed by atoms with van der Waals surface area (Å²) in [5, 5.41) is 13.8. The Labute approximate surface area is 269 Å². The molecule has 0 aliphatic carbocycles. The highest BCUT2D eigenvalue weighted by Gasteiger charge is 2.29. The second kappa shape index (κ2) is 15.4. The van der Waals surface area contributed by atoms with E-state index in [1.165, 1.54) is 41.3 Å². The number of nitrogens with zero attached hydrogens (tertiary/aromatic N) is 1. The number of esters is 1. The number of rotatable bonds is 12. The molecule has 12 heteroatoms. The van der Waals surface area contributed by atoms with Crippen LogP contribution in [0, 0.1) is 0 Å². The minimum atomic E-state index is -3.89. The van der Waals surface area contributed by atoms with Gasteiger partial charge in [-0.05, 0) is 101 Å². The van der Waals surface area contributed by atoms with Crippen LogP contribution in [0.25, 0.3) is 0 Å². The number of aliphatic hydroxyl groups excluding tert-OH is 1. The maximum Gasteiger partial charge on any atom is 0.410 e. The summed E-state index contributed by atoms with van der Waals surface area (Å²) >= 11 is 6.09. The van der Waals surface area contributed by atoms with E-state index in [2.05, 4.69) is 5.32 Å². The Balaban J connectivity index is 1.73. The summed E-state index contributed by atoms with van der Waals surface area (Å²) in [6, 6.07) is 18.0. The Morgan fingerprint density at radius 3 is 2.13 bits per heavy atom. The fourth-order valence-electron chi connectivity index (χ4n) is 4.40. The predicted octanol–water partition coefficient (Wildman–Crippen LogP) is 5.37. The first-order chi connectivity index (χ1) is 21.1. The van der Waals surface area contributed by atoms with Crippen molar-refractivity contribution in [2.45, 2.75) is 68.6 Å². The van der Waals surface area contributed by atoms with E-state index in [4.69, 9.17) is 21.1 Å². The van der Waals surface area contributed by atoms with Gasteiger partial charge >= 0.3 is 12.1 Å². The smallest absolute Gasteiger partial charge is 0.410 e. The summed E-state index contributed by atoms with van der Waals surface area (Å²) in [5.74, 6) is -1.11. The molecule has 3 aromatic carbocycles. The minimum Gasteiger partial charge on any atom is -0.465 e. The lowest BCUT2D eigenvalue weighted by Crippen LogP contribution is -2.45. The standard InChI is InChI=1S/C33H39ClN2O8S/c1-6-43-30(38)20-35-31(39)24-12-16-28(17-13-24)45(41,42)27-14-10-23(11-15-27)18-22(2)36(32(40)44-33(3,4)5)21-29(37)25-8-7-9-26(34)19-25/h7-17,19,22,29,37H,6,18,20-21H2,1-5H3,(H,35,39). The molecule has 0 fully saturated rings. The minimum absolute atomic E-state index is 0.00309. The number of carbonyl (C=O) groups excluding carboxylic acids is 3. The van der Waals surface area contributed by atoms with Crippen LogP contribution in [-0.2, 0) is 30.5 Å². The summed E-state index contributed by atoms with van der Waals surface area (Å²) < 4.78 is 36.9. The van der Waals surface area contributed by atoms with E-state index in [0.29, 0.717) is 17.0 Å². The quantitative estimate of drug-likeness (QED) is 0.248. The van der Waals surface area contributed by atoms with E-state index in [9.17, 15) is 27.9 Å². The zero-order chi connectivity index (χ0) is 33.4. The van der Waals surface area contributed by atoms with Crippen molar-refractivity contribution >= 4 is 39.4 Å². The number of hydrogen-bond acceptors (Lipinski definition) is 8. The van der Waals surface area contributed by atoms with Crippen LogP contribution in [0.2, 0.25) is 5.02 Å². The third-order valence-corrected chi connectivity index (χ3v) is 8.67. The normalized spacial score (nSPS) is 13.0. The first-order valence-corrected chi connectivity index (χ1v) is 16.3. The molecule has 2 unspecified atom stereocenters. The summed E-state index contributed by atoms with van der Waals surface area (Å²) in [6.45, 7) is 8.61. The number of amides is 2. The second-order valence-electron chi connectivity index (χ2n) is 11.4. The third kappa shape index (κ3) is 10.3. The lowest BCUT2D eigenvalue weighted by atomic mass is 10.0. The number of benzene rings is 3. The molecule has 0 spiro atoms. The van der Waals surface area contributed by atoms with Gasteiger partial charge in [-0.3, -0.25) is 9.59 Å².